The molecule has 2 N–H and O–H groups in total. The highest BCUT2D eigenvalue weighted by molar-refractivity contribution is 7.10. The van der Waals surface area contributed by atoms with E-state index in [-0.39, 0.29) is 12.2 Å². The van der Waals surface area contributed by atoms with Crippen molar-refractivity contribution >= 4 is 28.0 Å². The molecular formula is C16H17N3OS. The lowest BCUT2D eigenvalue weighted by molar-refractivity contribution is -0.119. The molecule has 4 nitrogen and oxygen atoms in total. The molecule has 1 atom stereocenters. The second-order valence-electron chi connectivity index (χ2n) is 4.92. The summed E-state index contributed by atoms with van der Waals surface area (Å²) in [7, 11) is 0. The van der Waals surface area contributed by atoms with Crippen LogP contribution in [-0.4, -0.2) is 15.6 Å². The summed E-state index contributed by atoms with van der Waals surface area (Å²) in [6, 6.07) is 11.2. The van der Waals surface area contributed by atoms with Gasteiger partial charge in [-0.25, -0.2) is 0 Å². The molecule has 0 aliphatic rings. The molecule has 2 aromatic heterocycles. The van der Waals surface area contributed by atoms with E-state index in [1.54, 1.807) is 0 Å². The van der Waals surface area contributed by atoms with Crippen molar-refractivity contribution in [3.05, 3.63) is 52.3 Å². The maximum atomic E-state index is 12.4. The molecule has 0 saturated heterocycles. The summed E-state index contributed by atoms with van der Waals surface area (Å²) in [4.78, 5) is 13.3. The van der Waals surface area contributed by atoms with Crippen LogP contribution in [0.2, 0.25) is 0 Å². The molecule has 0 amide bonds. The minimum atomic E-state index is -0.560. The third-order valence-electron chi connectivity index (χ3n) is 3.57. The van der Waals surface area contributed by atoms with E-state index in [0.29, 0.717) is 0 Å². The van der Waals surface area contributed by atoms with E-state index in [0.717, 1.165) is 28.0 Å². The number of aryl methyl sites for hydroxylation is 1. The Balaban J connectivity index is 1.90. The third-order valence-corrected chi connectivity index (χ3v) is 4.53. The highest BCUT2D eigenvalue weighted by atomic mass is 32.1. The van der Waals surface area contributed by atoms with Gasteiger partial charge in [0.2, 0.25) is 0 Å². The van der Waals surface area contributed by atoms with Crippen LogP contribution in [0.4, 0.5) is 0 Å². The molecule has 0 saturated carbocycles. The molecule has 3 rings (SSSR count). The minimum absolute atomic E-state index is 0.00366. The van der Waals surface area contributed by atoms with Gasteiger partial charge in [-0.2, -0.15) is 5.10 Å². The Hall–Kier alpha value is -1.98. The van der Waals surface area contributed by atoms with Crippen molar-refractivity contribution < 1.29 is 4.79 Å². The fraction of sp³-hybridized carbons (Fsp3) is 0.250. The first-order valence-corrected chi connectivity index (χ1v) is 7.84. The van der Waals surface area contributed by atoms with E-state index in [1.807, 2.05) is 53.4 Å². The number of para-hydroxylation sites is 1. The van der Waals surface area contributed by atoms with Gasteiger partial charge < -0.3 is 5.73 Å². The highest BCUT2D eigenvalue weighted by Crippen LogP contribution is 2.22. The number of thiophene rings is 1. The smallest absolute Gasteiger partial charge is 0.160 e. The van der Waals surface area contributed by atoms with E-state index in [4.69, 9.17) is 5.73 Å². The number of aromatic nitrogens is 2. The molecule has 1 unspecified atom stereocenters. The van der Waals surface area contributed by atoms with Crippen molar-refractivity contribution in [3.8, 4) is 0 Å². The number of ketones is 1. The summed E-state index contributed by atoms with van der Waals surface area (Å²) in [6.07, 6.45) is 0.270. The SMILES string of the molecule is CCn1nc(CC(=O)C(N)c2cccs2)c2ccccc21. The number of benzene rings is 1. The van der Waals surface area contributed by atoms with Crippen molar-refractivity contribution in [1.82, 2.24) is 9.78 Å². The standard InChI is InChI=1S/C16H17N3OS/c1-2-19-13-7-4-3-6-11(13)12(18-19)10-14(20)16(17)15-8-5-9-21-15/h3-9,16H,2,10,17H2,1H3. The van der Waals surface area contributed by atoms with E-state index in [1.165, 1.54) is 11.3 Å². The zero-order chi connectivity index (χ0) is 14.8. The highest BCUT2D eigenvalue weighted by Gasteiger charge is 2.20. The number of hydrogen-bond donors (Lipinski definition) is 1. The Labute approximate surface area is 127 Å². The number of fused-ring (bicyclic) bond motifs is 1. The molecule has 1 aromatic carbocycles. The Bertz CT molecular complexity index is 761. The van der Waals surface area contributed by atoms with Gasteiger partial charge in [-0.3, -0.25) is 9.48 Å². The molecule has 0 aliphatic carbocycles. The summed E-state index contributed by atoms with van der Waals surface area (Å²) in [5.74, 6) is 0.00366. The number of Topliss-reactive ketones (excluding diaryl/α,β-unsaturated/α-hetero) is 1. The van der Waals surface area contributed by atoms with Gasteiger partial charge in [0.25, 0.3) is 0 Å². The number of nitrogens with two attached hydrogens (primary N) is 1. The number of carbonyl (C=O) groups excluding carboxylic acids is 1. The van der Waals surface area contributed by atoms with E-state index in [9.17, 15) is 4.79 Å². The van der Waals surface area contributed by atoms with Gasteiger partial charge in [0, 0.05) is 16.8 Å². The van der Waals surface area contributed by atoms with Crippen molar-refractivity contribution in [2.45, 2.75) is 25.9 Å². The van der Waals surface area contributed by atoms with Crippen LogP contribution in [0.25, 0.3) is 10.9 Å². The number of carbonyl (C=O) groups is 1. The van der Waals surface area contributed by atoms with Crippen LogP contribution in [-0.2, 0) is 17.8 Å². The van der Waals surface area contributed by atoms with Gasteiger partial charge in [0.05, 0.1) is 23.7 Å². The fourth-order valence-corrected chi connectivity index (χ4v) is 3.22. The van der Waals surface area contributed by atoms with Gasteiger partial charge >= 0.3 is 0 Å². The van der Waals surface area contributed by atoms with Crippen molar-refractivity contribution in [2.24, 2.45) is 5.73 Å². The predicted molar refractivity (Wildman–Crippen MR) is 85.4 cm³/mol. The third kappa shape index (κ3) is 2.62. The first-order chi connectivity index (χ1) is 10.2. The Morgan fingerprint density at radius 3 is 2.86 bits per heavy atom. The minimum Gasteiger partial charge on any atom is -0.317 e. The zero-order valence-electron chi connectivity index (χ0n) is 11.8. The molecule has 5 heteroatoms. The maximum absolute atomic E-state index is 12.4. The molecule has 0 spiro atoms. The molecule has 108 valence electrons. The summed E-state index contributed by atoms with van der Waals surface area (Å²) < 4.78 is 1.93. The fourth-order valence-electron chi connectivity index (χ4n) is 2.47. The molecule has 0 fully saturated rings. The van der Waals surface area contributed by atoms with Gasteiger partial charge in [0.1, 0.15) is 0 Å². The Kier molecular flexibility index (Phi) is 3.86. The molecule has 0 aliphatic heterocycles. The molecular weight excluding hydrogens is 282 g/mol. The molecule has 21 heavy (non-hydrogen) atoms. The maximum Gasteiger partial charge on any atom is 0.160 e. The largest absolute Gasteiger partial charge is 0.317 e. The lowest BCUT2D eigenvalue weighted by Crippen LogP contribution is -2.22. The summed E-state index contributed by atoms with van der Waals surface area (Å²) in [5, 5.41) is 7.52. The second-order valence-corrected chi connectivity index (χ2v) is 5.90. The Morgan fingerprint density at radius 1 is 1.33 bits per heavy atom. The van der Waals surface area contributed by atoms with Crippen LogP contribution in [0.1, 0.15) is 23.5 Å². The molecule has 0 radical (unpaired) electrons. The number of hydrogen-bond acceptors (Lipinski definition) is 4. The molecule has 2 heterocycles. The number of nitrogens with zero attached hydrogens (tertiary/aromatic N) is 2. The van der Waals surface area contributed by atoms with Crippen molar-refractivity contribution in [1.29, 1.82) is 0 Å². The average molecular weight is 299 g/mol. The predicted octanol–water partition coefficient (Wildman–Crippen LogP) is 2.93. The van der Waals surface area contributed by atoms with Crippen molar-refractivity contribution in [2.75, 3.05) is 0 Å². The lowest BCUT2D eigenvalue weighted by atomic mass is 10.0. The van der Waals surface area contributed by atoms with E-state index >= 15 is 0 Å². The lowest BCUT2D eigenvalue weighted by Gasteiger charge is -2.07. The van der Waals surface area contributed by atoms with Gasteiger partial charge in [-0.15, -0.1) is 11.3 Å². The van der Waals surface area contributed by atoms with Crippen LogP contribution in [0, 0.1) is 0 Å². The molecule has 0 bridgehead atoms. The monoisotopic (exact) mass is 299 g/mol. The zero-order valence-corrected chi connectivity index (χ0v) is 12.6. The number of rotatable bonds is 5. The second kappa shape index (κ2) is 5.79. The summed E-state index contributed by atoms with van der Waals surface area (Å²) >= 11 is 1.51. The first-order valence-electron chi connectivity index (χ1n) is 6.96. The van der Waals surface area contributed by atoms with Gasteiger partial charge in [-0.1, -0.05) is 24.3 Å². The van der Waals surface area contributed by atoms with Crippen LogP contribution in [0.5, 0.6) is 0 Å². The average Bonchev–Trinajstić information content (AvgIpc) is 3.15. The summed E-state index contributed by atoms with van der Waals surface area (Å²) in [5.41, 5.74) is 7.91. The van der Waals surface area contributed by atoms with Crippen molar-refractivity contribution in [3.63, 3.8) is 0 Å². The van der Waals surface area contributed by atoms with Crippen LogP contribution in [0.3, 0.4) is 0 Å². The normalized spacial score (nSPS) is 12.7. The van der Waals surface area contributed by atoms with Gasteiger partial charge in [0.15, 0.2) is 5.78 Å². The van der Waals surface area contributed by atoms with E-state index in [2.05, 4.69) is 5.10 Å². The van der Waals surface area contributed by atoms with Crippen LogP contribution >= 0.6 is 11.3 Å². The summed E-state index contributed by atoms with van der Waals surface area (Å²) in [6.45, 7) is 2.83. The van der Waals surface area contributed by atoms with E-state index < -0.39 is 6.04 Å². The quantitative estimate of drug-likeness (QED) is 0.788. The Morgan fingerprint density at radius 2 is 2.14 bits per heavy atom. The van der Waals surface area contributed by atoms with Crippen LogP contribution in [0.15, 0.2) is 41.8 Å². The molecule has 3 aromatic rings. The topological polar surface area (TPSA) is 60.9 Å². The van der Waals surface area contributed by atoms with Gasteiger partial charge in [-0.05, 0) is 24.4 Å². The van der Waals surface area contributed by atoms with Crippen LogP contribution < -0.4 is 5.73 Å². The first kappa shape index (κ1) is 14.0.